The molecule has 0 aliphatic rings. The molecule has 0 saturated carbocycles. The summed E-state index contributed by atoms with van der Waals surface area (Å²) in [6.45, 7) is 7.02. The number of rotatable bonds is 6. The van der Waals surface area contributed by atoms with Crippen molar-refractivity contribution in [3.8, 4) is 0 Å². The predicted molar refractivity (Wildman–Crippen MR) is 62.3 cm³/mol. The Balaban J connectivity index is 2.26. The fourth-order valence-corrected chi connectivity index (χ4v) is 1.56. The molecule has 0 aromatic carbocycles. The Hall–Kier alpha value is -0.870. The van der Waals surface area contributed by atoms with Crippen molar-refractivity contribution in [1.29, 1.82) is 0 Å². The first-order valence-electron chi connectivity index (χ1n) is 5.51. The Bertz CT molecular complexity index is 280. The van der Waals surface area contributed by atoms with Gasteiger partial charge in [0, 0.05) is 25.4 Å². The topological polar surface area (TPSA) is 55.9 Å². The number of nitrogens with one attached hydrogen (secondary N) is 1. The van der Waals surface area contributed by atoms with Gasteiger partial charge in [-0.3, -0.25) is 4.68 Å². The highest BCUT2D eigenvalue weighted by Gasteiger charge is 2.10. The van der Waals surface area contributed by atoms with Crippen LogP contribution < -0.4 is 11.1 Å². The molecule has 4 nitrogen and oxygen atoms in total. The second-order valence-electron chi connectivity index (χ2n) is 4.39. The zero-order valence-corrected chi connectivity index (χ0v) is 9.90. The van der Waals surface area contributed by atoms with E-state index in [0.717, 1.165) is 19.6 Å². The van der Waals surface area contributed by atoms with Crippen LogP contribution in [0.2, 0.25) is 0 Å². The molecule has 1 atom stereocenters. The lowest BCUT2D eigenvalue weighted by molar-refractivity contribution is 0.370. The van der Waals surface area contributed by atoms with Gasteiger partial charge in [0.1, 0.15) is 0 Å². The van der Waals surface area contributed by atoms with Crippen LogP contribution in [0.5, 0.6) is 0 Å². The molecule has 3 N–H and O–H groups in total. The molecular formula is C11H22N4. The van der Waals surface area contributed by atoms with Crippen molar-refractivity contribution < 1.29 is 0 Å². The van der Waals surface area contributed by atoms with E-state index >= 15 is 0 Å². The summed E-state index contributed by atoms with van der Waals surface area (Å²) in [6.07, 6.45) is 3.92. The van der Waals surface area contributed by atoms with Crippen molar-refractivity contribution in [3.05, 3.63) is 18.0 Å². The standard InChI is InChI=1S/C11H22N4/c1-9(2)11(4-12)7-13-5-10-6-14-15(3)8-10/h6,8-9,11,13H,4-5,7,12H2,1-3H3. The average molecular weight is 210 g/mol. The number of nitrogens with two attached hydrogens (primary N) is 1. The van der Waals surface area contributed by atoms with Crippen LogP contribution in [0.1, 0.15) is 19.4 Å². The Kier molecular flexibility index (Phi) is 4.78. The van der Waals surface area contributed by atoms with Gasteiger partial charge in [0.05, 0.1) is 6.20 Å². The number of hydrogen-bond acceptors (Lipinski definition) is 3. The number of hydrogen-bond donors (Lipinski definition) is 2. The monoisotopic (exact) mass is 210 g/mol. The largest absolute Gasteiger partial charge is 0.330 e. The van der Waals surface area contributed by atoms with E-state index in [4.69, 9.17) is 5.73 Å². The Labute approximate surface area is 91.8 Å². The SMILES string of the molecule is CC(C)C(CN)CNCc1cnn(C)c1. The molecule has 4 heteroatoms. The normalized spacial score (nSPS) is 13.4. The number of aryl methyl sites for hydroxylation is 1. The van der Waals surface area contributed by atoms with Gasteiger partial charge in [0.2, 0.25) is 0 Å². The molecule has 1 aromatic rings. The van der Waals surface area contributed by atoms with E-state index in [9.17, 15) is 0 Å². The highest BCUT2D eigenvalue weighted by Crippen LogP contribution is 2.07. The highest BCUT2D eigenvalue weighted by atomic mass is 15.2. The van der Waals surface area contributed by atoms with E-state index in [1.165, 1.54) is 5.56 Å². The zero-order valence-electron chi connectivity index (χ0n) is 9.90. The Morgan fingerprint density at radius 2 is 2.27 bits per heavy atom. The van der Waals surface area contributed by atoms with Gasteiger partial charge in [-0.25, -0.2) is 0 Å². The molecule has 0 saturated heterocycles. The molecule has 1 unspecified atom stereocenters. The number of aromatic nitrogens is 2. The van der Waals surface area contributed by atoms with E-state index in [0.29, 0.717) is 11.8 Å². The smallest absolute Gasteiger partial charge is 0.0534 e. The second-order valence-corrected chi connectivity index (χ2v) is 4.39. The maximum atomic E-state index is 5.70. The van der Waals surface area contributed by atoms with Gasteiger partial charge in [-0.1, -0.05) is 13.8 Å². The Morgan fingerprint density at radius 1 is 1.53 bits per heavy atom. The van der Waals surface area contributed by atoms with Gasteiger partial charge >= 0.3 is 0 Å². The van der Waals surface area contributed by atoms with E-state index < -0.39 is 0 Å². The Morgan fingerprint density at radius 3 is 2.73 bits per heavy atom. The average Bonchev–Trinajstić information content (AvgIpc) is 2.58. The lowest BCUT2D eigenvalue weighted by Gasteiger charge is -2.18. The fourth-order valence-electron chi connectivity index (χ4n) is 1.56. The van der Waals surface area contributed by atoms with Gasteiger partial charge < -0.3 is 11.1 Å². The minimum Gasteiger partial charge on any atom is -0.330 e. The molecule has 0 fully saturated rings. The van der Waals surface area contributed by atoms with E-state index in [1.54, 1.807) is 0 Å². The molecule has 1 heterocycles. The summed E-state index contributed by atoms with van der Waals surface area (Å²) in [7, 11) is 1.93. The molecule has 1 rings (SSSR count). The molecular weight excluding hydrogens is 188 g/mol. The molecule has 0 spiro atoms. The molecule has 15 heavy (non-hydrogen) atoms. The van der Waals surface area contributed by atoms with Gasteiger partial charge in [-0.05, 0) is 24.9 Å². The van der Waals surface area contributed by atoms with Crippen molar-refractivity contribution in [1.82, 2.24) is 15.1 Å². The van der Waals surface area contributed by atoms with Gasteiger partial charge in [0.25, 0.3) is 0 Å². The molecule has 86 valence electrons. The summed E-state index contributed by atoms with van der Waals surface area (Å²) in [5.74, 6) is 1.19. The predicted octanol–water partition coefficient (Wildman–Crippen LogP) is 0.741. The maximum absolute atomic E-state index is 5.70. The van der Waals surface area contributed by atoms with Crippen molar-refractivity contribution in [2.45, 2.75) is 20.4 Å². The summed E-state index contributed by atoms with van der Waals surface area (Å²) in [5, 5.41) is 7.54. The minimum atomic E-state index is 0.557. The van der Waals surface area contributed by atoms with E-state index in [1.807, 2.05) is 24.1 Å². The second kappa shape index (κ2) is 5.88. The van der Waals surface area contributed by atoms with Crippen LogP contribution in [0.4, 0.5) is 0 Å². The van der Waals surface area contributed by atoms with Gasteiger partial charge in [0.15, 0.2) is 0 Å². The van der Waals surface area contributed by atoms with Gasteiger partial charge in [-0.15, -0.1) is 0 Å². The quantitative estimate of drug-likeness (QED) is 0.728. The summed E-state index contributed by atoms with van der Waals surface area (Å²) < 4.78 is 1.82. The van der Waals surface area contributed by atoms with Crippen LogP contribution in [0.15, 0.2) is 12.4 Å². The molecule has 0 amide bonds. The first-order valence-corrected chi connectivity index (χ1v) is 5.51. The van der Waals surface area contributed by atoms with Crippen LogP contribution in [0.3, 0.4) is 0 Å². The van der Waals surface area contributed by atoms with Crippen LogP contribution in [-0.2, 0) is 13.6 Å². The van der Waals surface area contributed by atoms with E-state index in [-0.39, 0.29) is 0 Å². The first kappa shape index (κ1) is 12.2. The van der Waals surface area contributed by atoms with Crippen molar-refractivity contribution in [2.75, 3.05) is 13.1 Å². The maximum Gasteiger partial charge on any atom is 0.0534 e. The molecule has 1 aromatic heterocycles. The lowest BCUT2D eigenvalue weighted by Crippen LogP contribution is -2.31. The van der Waals surface area contributed by atoms with E-state index in [2.05, 4.69) is 24.3 Å². The highest BCUT2D eigenvalue weighted by molar-refractivity contribution is 5.02. The van der Waals surface area contributed by atoms with Crippen LogP contribution in [0, 0.1) is 11.8 Å². The lowest BCUT2D eigenvalue weighted by atomic mass is 9.96. The molecule has 0 aliphatic carbocycles. The van der Waals surface area contributed by atoms with Gasteiger partial charge in [-0.2, -0.15) is 5.10 Å². The molecule has 0 aliphatic heterocycles. The zero-order chi connectivity index (χ0) is 11.3. The third kappa shape index (κ3) is 4.01. The number of nitrogens with zero attached hydrogens (tertiary/aromatic N) is 2. The van der Waals surface area contributed by atoms with Crippen molar-refractivity contribution in [2.24, 2.45) is 24.6 Å². The van der Waals surface area contributed by atoms with Crippen molar-refractivity contribution >= 4 is 0 Å². The summed E-state index contributed by atoms with van der Waals surface area (Å²) in [5.41, 5.74) is 6.92. The summed E-state index contributed by atoms with van der Waals surface area (Å²) >= 11 is 0. The fraction of sp³-hybridized carbons (Fsp3) is 0.727. The van der Waals surface area contributed by atoms with Crippen LogP contribution in [-0.4, -0.2) is 22.9 Å². The van der Waals surface area contributed by atoms with Crippen molar-refractivity contribution in [3.63, 3.8) is 0 Å². The first-order chi connectivity index (χ1) is 7.13. The third-order valence-corrected chi connectivity index (χ3v) is 2.74. The summed E-state index contributed by atoms with van der Waals surface area (Å²) in [6, 6.07) is 0. The minimum absolute atomic E-state index is 0.557. The van der Waals surface area contributed by atoms with Crippen LogP contribution >= 0.6 is 0 Å². The molecule has 0 radical (unpaired) electrons. The molecule has 0 bridgehead atoms. The summed E-state index contributed by atoms with van der Waals surface area (Å²) in [4.78, 5) is 0. The third-order valence-electron chi connectivity index (χ3n) is 2.74. The van der Waals surface area contributed by atoms with Crippen LogP contribution in [0.25, 0.3) is 0 Å².